The highest BCUT2D eigenvalue weighted by molar-refractivity contribution is 7.71. The Kier molecular flexibility index (Phi) is 4.38. The maximum absolute atomic E-state index is 5.02. The molecule has 1 saturated heterocycles. The van der Waals surface area contributed by atoms with Gasteiger partial charge in [-0.05, 0) is 62.2 Å². The van der Waals surface area contributed by atoms with Gasteiger partial charge in [0.15, 0.2) is 5.82 Å². The summed E-state index contributed by atoms with van der Waals surface area (Å²) in [6, 6.07) is 8.47. The van der Waals surface area contributed by atoms with E-state index in [-0.39, 0.29) is 0 Å². The predicted molar refractivity (Wildman–Crippen MR) is 92.3 cm³/mol. The molecule has 2 aromatic rings. The van der Waals surface area contributed by atoms with Gasteiger partial charge in [-0.1, -0.05) is 6.92 Å². The summed E-state index contributed by atoms with van der Waals surface area (Å²) in [7, 11) is 0. The highest BCUT2D eigenvalue weighted by atomic mass is 32.1. The van der Waals surface area contributed by atoms with Crippen molar-refractivity contribution in [1.82, 2.24) is 15.2 Å². The Morgan fingerprint density at radius 2 is 1.91 bits per heavy atom. The topological polar surface area (TPSA) is 56.8 Å². The average molecular weight is 315 g/mol. The minimum Gasteiger partial charge on any atom is -0.372 e. The first-order valence-electron chi connectivity index (χ1n) is 7.67. The number of anilines is 3. The van der Waals surface area contributed by atoms with Crippen LogP contribution in [0.5, 0.6) is 0 Å². The molecule has 1 aliphatic heterocycles. The molecule has 2 N–H and O–H groups in total. The quantitative estimate of drug-likeness (QED) is 0.843. The van der Waals surface area contributed by atoms with Gasteiger partial charge in [0.1, 0.15) is 5.69 Å². The molecule has 6 heteroatoms. The highest BCUT2D eigenvalue weighted by Gasteiger charge is 2.15. The van der Waals surface area contributed by atoms with Crippen molar-refractivity contribution in [3.8, 4) is 0 Å². The van der Waals surface area contributed by atoms with Crippen molar-refractivity contribution in [3.63, 3.8) is 0 Å². The van der Waals surface area contributed by atoms with E-state index >= 15 is 0 Å². The molecule has 0 aliphatic carbocycles. The van der Waals surface area contributed by atoms with Crippen LogP contribution in [0.2, 0.25) is 0 Å². The van der Waals surface area contributed by atoms with Crippen molar-refractivity contribution in [2.45, 2.75) is 26.7 Å². The first-order chi connectivity index (χ1) is 10.6. The molecule has 0 saturated carbocycles. The van der Waals surface area contributed by atoms with Gasteiger partial charge in [0, 0.05) is 24.5 Å². The zero-order chi connectivity index (χ0) is 15.5. The predicted octanol–water partition coefficient (Wildman–Crippen LogP) is 3.82. The van der Waals surface area contributed by atoms with Crippen molar-refractivity contribution in [2.24, 2.45) is 5.92 Å². The molecule has 0 atom stereocenters. The fourth-order valence-electron chi connectivity index (χ4n) is 2.67. The van der Waals surface area contributed by atoms with E-state index in [4.69, 9.17) is 12.2 Å². The van der Waals surface area contributed by atoms with Crippen LogP contribution in [0.3, 0.4) is 0 Å². The maximum Gasteiger partial charge on any atom is 0.215 e. The Morgan fingerprint density at radius 3 is 2.59 bits per heavy atom. The fourth-order valence-corrected chi connectivity index (χ4v) is 2.81. The van der Waals surface area contributed by atoms with E-state index in [1.807, 2.05) is 6.92 Å². The molecule has 1 aromatic carbocycles. The molecule has 0 radical (unpaired) electrons. The second kappa shape index (κ2) is 6.44. The van der Waals surface area contributed by atoms with E-state index in [1.165, 1.54) is 18.5 Å². The molecule has 0 amide bonds. The minimum absolute atomic E-state index is 0.382. The lowest BCUT2D eigenvalue weighted by Crippen LogP contribution is -2.32. The lowest BCUT2D eigenvalue weighted by molar-refractivity contribution is 0.438. The zero-order valence-electron chi connectivity index (χ0n) is 13.0. The standard InChI is InChI=1S/C16H21N5S/c1-11-7-9-21(10-8-11)14-5-3-13(4-6-14)17-15-12(2)19-20-16(22)18-15/h3-6,11H,7-10H2,1-2H3,(H2,17,18,20,22). The van der Waals surface area contributed by atoms with Gasteiger partial charge in [0.05, 0.1) is 0 Å². The molecule has 5 nitrogen and oxygen atoms in total. The van der Waals surface area contributed by atoms with Crippen LogP contribution < -0.4 is 10.2 Å². The van der Waals surface area contributed by atoms with Crippen LogP contribution in [0.15, 0.2) is 24.3 Å². The lowest BCUT2D eigenvalue weighted by Gasteiger charge is -2.32. The van der Waals surface area contributed by atoms with Crippen LogP contribution in [0.25, 0.3) is 0 Å². The molecule has 1 fully saturated rings. The monoisotopic (exact) mass is 315 g/mol. The summed E-state index contributed by atoms with van der Waals surface area (Å²) in [5, 5.41) is 10.1. The summed E-state index contributed by atoms with van der Waals surface area (Å²) in [6.45, 7) is 6.51. The normalized spacial score (nSPS) is 15.8. The number of nitrogens with one attached hydrogen (secondary N) is 2. The van der Waals surface area contributed by atoms with Crippen molar-refractivity contribution >= 4 is 29.4 Å². The van der Waals surface area contributed by atoms with Gasteiger partial charge < -0.3 is 10.2 Å². The second-order valence-corrected chi connectivity index (χ2v) is 6.30. The molecule has 0 unspecified atom stereocenters. The van der Waals surface area contributed by atoms with Crippen molar-refractivity contribution in [1.29, 1.82) is 0 Å². The number of aryl methyl sites for hydroxylation is 1. The summed E-state index contributed by atoms with van der Waals surface area (Å²) in [4.78, 5) is 6.72. The Morgan fingerprint density at radius 1 is 1.23 bits per heavy atom. The van der Waals surface area contributed by atoms with Crippen molar-refractivity contribution in [3.05, 3.63) is 34.7 Å². The molecule has 0 bridgehead atoms. The van der Waals surface area contributed by atoms with E-state index in [2.05, 4.69) is 56.6 Å². The Balaban J connectivity index is 1.71. The van der Waals surface area contributed by atoms with Crippen molar-refractivity contribution < 1.29 is 0 Å². The number of hydrogen-bond acceptors (Lipinski definition) is 5. The van der Waals surface area contributed by atoms with Crippen LogP contribution in [0, 0.1) is 17.6 Å². The number of aromatic nitrogens is 3. The Hall–Kier alpha value is -1.95. The summed E-state index contributed by atoms with van der Waals surface area (Å²) in [6.07, 6.45) is 2.55. The van der Waals surface area contributed by atoms with E-state index in [9.17, 15) is 0 Å². The number of H-pyrrole nitrogens is 1. The summed E-state index contributed by atoms with van der Waals surface area (Å²) in [5.74, 6) is 1.55. The van der Waals surface area contributed by atoms with Crippen LogP contribution in [-0.2, 0) is 0 Å². The van der Waals surface area contributed by atoms with Gasteiger partial charge in [-0.3, -0.25) is 5.10 Å². The van der Waals surface area contributed by atoms with Gasteiger partial charge in [-0.15, -0.1) is 0 Å². The van der Waals surface area contributed by atoms with Gasteiger partial charge >= 0.3 is 0 Å². The lowest BCUT2D eigenvalue weighted by atomic mass is 9.99. The van der Waals surface area contributed by atoms with Gasteiger partial charge in [0.2, 0.25) is 4.77 Å². The smallest absolute Gasteiger partial charge is 0.215 e. The Labute approximate surface area is 135 Å². The number of piperidine rings is 1. The number of aromatic amines is 1. The average Bonchev–Trinajstić information content (AvgIpc) is 2.53. The maximum atomic E-state index is 5.02. The van der Waals surface area contributed by atoms with E-state index in [0.717, 1.165) is 30.4 Å². The van der Waals surface area contributed by atoms with Crippen LogP contribution in [0.4, 0.5) is 17.2 Å². The fraction of sp³-hybridized carbons (Fsp3) is 0.438. The van der Waals surface area contributed by atoms with Gasteiger partial charge in [-0.25, -0.2) is 0 Å². The Bertz CT molecular complexity index is 686. The van der Waals surface area contributed by atoms with Crippen LogP contribution >= 0.6 is 12.2 Å². The van der Waals surface area contributed by atoms with Gasteiger partial charge in [-0.2, -0.15) is 10.1 Å². The van der Waals surface area contributed by atoms with Crippen LogP contribution in [-0.4, -0.2) is 28.3 Å². The largest absolute Gasteiger partial charge is 0.372 e. The third-order valence-electron chi connectivity index (χ3n) is 4.15. The molecule has 2 heterocycles. The molecule has 116 valence electrons. The highest BCUT2D eigenvalue weighted by Crippen LogP contribution is 2.25. The van der Waals surface area contributed by atoms with Crippen LogP contribution in [0.1, 0.15) is 25.5 Å². The molecule has 0 spiro atoms. The van der Waals surface area contributed by atoms with E-state index in [0.29, 0.717) is 10.6 Å². The first kappa shape index (κ1) is 15.0. The number of rotatable bonds is 3. The molecule has 1 aromatic heterocycles. The first-order valence-corrected chi connectivity index (χ1v) is 8.08. The molecular formula is C16H21N5S. The minimum atomic E-state index is 0.382. The third kappa shape index (κ3) is 3.44. The summed E-state index contributed by atoms with van der Waals surface area (Å²) in [5.41, 5.74) is 3.07. The molecule has 1 aliphatic rings. The molecule has 3 rings (SSSR count). The zero-order valence-corrected chi connectivity index (χ0v) is 13.8. The number of nitrogens with zero attached hydrogens (tertiary/aromatic N) is 3. The number of hydrogen-bond donors (Lipinski definition) is 2. The summed E-state index contributed by atoms with van der Waals surface area (Å²) < 4.78 is 0.382. The van der Waals surface area contributed by atoms with E-state index < -0.39 is 0 Å². The number of benzene rings is 1. The van der Waals surface area contributed by atoms with Gasteiger partial charge in [0.25, 0.3) is 0 Å². The SMILES string of the molecule is Cc1n[nH]c(=S)nc1Nc1ccc(N2CCC(C)CC2)cc1. The van der Waals surface area contributed by atoms with E-state index in [1.54, 1.807) is 0 Å². The third-order valence-corrected chi connectivity index (χ3v) is 4.34. The second-order valence-electron chi connectivity index (χ2n) is 5.92. The van der Waals surface area contributed by atoms with Crippen molar-refractivity contribution in [2.75, 3.05) is 23.3 Å². The summed E-state index contributed by atoms with van der Waals surface area (Å²) >= 11 is 5.02. The molecule has 22 heavy (non-hydrogen) atoms. The molecular weight excluding hydrogens is 294 g/mol.